The van der Waals surface area contributed by atoms with Crippen LogP contribution in [0.25, 0.3) is 0 Å². The molecule has 0 saturated carbocycles. The van der Waals surface area contributed by atoms with E-state index in [1.54, 1.807) is 6.20 Å². The van der Waals surface area contributed by atoms with Gasteiger partial charge in [-0.15, -0.1) is 5.10 Å². The standard InChI is InChI=1S/C26H33N7O3/c1-17-15-32(25-19(3)18(2)22(30-31-25)11-20-7-5-4-6-8-20)9-10-33(17)24-14-27-23(13-28-24)26(36)29-12-21(35)16-34/h4-8,13-14,17,21,34-35H,9-12,15-16H2,1-3H3,(H,29,36)/t17-,21?/m1/s1. The van der Waals surface area contributed by atoms with Gasteiger partial charge in [0.1, 0.15) is 11.5 Å². The van der Waals surface area contributed by atoms with Gasteiger partial charge in [0, 0.05) is 38.6 Å². The molecule has 3 aromatic rings. The molecule has 3 heterocycles. The lowest BCUT2D eigenvalue weighted by Crippen LogP contribution is -2.53. The molecule has 1 aliphatic rings. The molecular weight excluding hydrogens is 458 g/mol. The maximum absolute atomic E-state index is 12.2. The van der Waals surface area contributed by atoms with Crippen molar-refractivity contribution in [3.63, 3.8) is 0 Å². The van der Waals surface area contributed by atoms with Gasteiger partial charge in [-0.2, -0.15) is 5.10 Å². The second kappa shape index (κ2) is 11.4. The molecule has 0 radical (unpaired) electrons. The Morgan fingerprint density at radius 2 is 1.89 bits per heavy atom. The van der Waals surface area contributed by atoms with Crippen LogP contribution in [-0.4, -0.2) is 81.2 Å². The fourth-order valence-electron chi connectivity index (χ4n) is 4.34. The lowest BCUT2D eigenvalue weighted by Gasteiger charge is -2.41. The topological polar surface area (TPSA) is 128 Å². The number of aliphatic hydroxyl groups excluding tert-OH is 2. The Hall–Kier alpha value is -3.63. The van der Waals surface area contributed by atoms with Gasteiger partial charge in [0.2, 0.25) is 0 Å². The highest BCUT2D eigenvalue weighted by Crippen LogP contribution is 2.26. The summed E-state index contributed by atoms with van der Waals surface area (Å²) >= 11 is 0. The van der Waals surface area contributed by atoms with Crippen molar-refractivity contribution in [2.45, 2.75) is 39.3 Å². The molecule has 36 heavy (non-hydrogen) atoms. The molecule has 0 aliphatic carbocycles. The SMILES string of the molecule is Cc1c(Cc2ccccc2)nnc(N2CCN(c3cnc(C(=O)NCC(O)CO)cn3)[C@H](C)C2)c1C. The third-order valence-electron chi connectivity index (χ3n) is 6.61. The summed E-state index contributed by atoms with van der Waals surface area (Å²) in [6.45, 7) is 8.14. The third kappa shape index (κ3) is 5.77. The Morgan fingerprint density at radius 1 is 1.11 bits per heavy atom. The van der Waals surface area contributed by atoms with Gasteiger partial charge in [0.25, 0.3) is 5.91 Å². The number of piperazine rings is 1. The molecule has 0 bridgehead atoms. The van der Waals surface area contributed by atoms with E-state index in [0.717, 1.165) is 43.1 Å². The van der Waals surface area contributed by atoms with E-state index in [1.165, 1.54) is 17.3 Å². The molecule has 1 unspecified atom stereocenters. The van der Waals surface area contributed by atoms with E-state index in [1.807, 2.05) is 18.2 Å². The summed E-state index contributed by atoms with van der Waals surface area (Å²) < 4.78 is 0. The van der Waals surface area contributed by atoms with Crippen molar-refractivity contribution >= 4 is 17.5 Å². The van der Waals surface area contributed by atoms with Crippen LogP contribution in [0.2, 0.25) is 0 Å². The van der Waals surface area contributed by atoms with Gasteiger partial charge < -0.3 is 25.3 Å². The summed E-state index contributed by atoms with van der Waals surface area (Å²) in [6, 6.07) is 10.5. The number of nitrogens with one attached hydrogen (secondary N) is 1. The van der Waals surface area contributed by atoms with Crippen LogP contribution in [0, 0.1) is 13.8 Å². The first-order chi connectivity index (χ1) is 17.4. The molecular formula is C26H33N7O3. The zero-order valence-electron chi connectivity index (χ0n) is 20.9. The molecule has 190 valence electrons. The van der Waals surface area contributed by atoms with Crippen LogP contribution in [0.4, 0.5) is 11.6 Å². The monoisotopic (exact) mass is 491 g/mol. The Labute approximate surface area is 211 Å². The summed E-state index contributed by atoms with van der Waals surface area (Å²) in [6.07, 6.45) is 2.78. The molecule has 1 aliphatic heterocycles. The summed E-state index contributed by atoms with van der Waals surface area (Å²) in [5.41, 5.74) is 4.70. The predicted molar refractivity (Wildman–Crippen MR) is 137 cm³/mol. The molecule has 10 heteroatoms. The third-order valence-corrected chi connectivity index (χ3v) is 6.61. The number of anilines is 2. The van der Waals surface area contributed by atoms with Crippen molar-refractivity contribution < 1.29 is 15.0 Å². The van der Waals surface area contributed by atoms with Crippen LogP contribution < -0.4 is 15.1 Å². The highest BCUT2D eigenvalue weighted by atomic mass is 16.3. The molecule has 1 saturated heterocycles. The quantitative estimate of drug-likeness (QED) is 0.427. The minimum atomic E-state index is -1.00. The van der Waals surface area contributed by atoms with Crippen LogP contribution in [0.3, 0.4) is 0 Å². The number of rotatable bonds is 8. The Bertz CT molecular complexity index is 1170. The number of amides is 1. The predicted octanol–water partition coefficient (Wildman–Crippen LogP) is 1.27. The number of nitrogens with zero attached hydrogens (tertiary/aromatic N) is 6. The lowest BCUT2D eigenvalue weighted by atomic mass is 10.0. The van der Waals surface area contributed by atoms with Gasteiger partial charge in [-0.1, -0.05) is 30.3 Å². The lowest BCUT2D eigenvalue weighted by molar-refractivity contribution is 0.0798. The first-order valence-corrected chi connectivity index (χ1v) is 12.1. The summed E-state index contributed by atoms with van der Waals surface area (Å²) in [5.74, 6) is 1.17. The molecule has 2 aromatic heterocycles. The zero-order chi connectivity index (χ0) is 25.7. The first kappa shape index (κ1) is 25.5. The fourth-order valence-corrected chi connectivity index (χ4v) is 4.34. The van der Waals surface area contributed by atoms with E-state index in [4.69, 9.17) is 5.11 Å². The van der Waals surface area contributed by atoms with Gasteiger partial charge in [0.05, 0.1) is 30.8 Å². The smallest absolute Gasteiger partial charge is 0.271 e. The van der Waals surface area contributed by atoms with Gasteiger partial charge in [-0.05, 0) is 37.5 Å². The van der Waals surface area contributed by atoms with Crippen molar-refractivity contribution in [3.8, 4) is 0 Å². The molecule has 1 amide bonds. The van der Waals surface area contributed by atoms with Crippen LogP contribution >= 0.6 is 0 Å². The van der Waals surface area contributed by atoms with E-state index in [9.17, 15) is 9.90 Å². The Morgan fingerprint density at radius 3 is 2.56 bits per heavy atom. The number of hydrogen-bond donors (Lipinski definition) is 3. The largest absolute Gasteiger partial charge is 0.394 e. The number of carbonyl (C=O) groups is 1. The molecule has 0 spiro atoms. The van der Waals surface area contributed by atoms with E-state index in [0.29, 0.717) is 5.82 Å². The van der Waals surface area contributed by atoms with Crippen molar-refractivity contribution in [2.24, 2.45) is 0 Å². The number of hydrogen-bond acceptors (Lipinski definition) is 9. The average Bonchev–Trinajstić information content (AvgIpc) is 2.90. The van der Waals surface area contributed by atoms with E-state index < -0.39 is 18.6 Å². The normalized spacial score (nSPS) is 16.6. The summed E-state index contributed by atoms with van der Waals surface area (Å²) in [7, 11) is 0. The number of aliphatic hydroxyl groups is 2. The van der Waals surface area contributed by atoms with Crippen molar-refractivity contribution in [1.82, 2.24) is 25.5 Å². The van der Waals surface area contributed by atoms with Gasteiger partial charge >= 0.3 is 0 Å². The Balaban J connectivity index is 1.40. The highest BCUT2D eigenvalue weighted by molar-refractivity contribution is 5.92. The minimum Gasteiger partial charge on any atom is -0.394 e. The molecule has 10 nitrogen and oxygen atoms in total. The number of benzene rings is 1. The van der Waals surface area contributed by atoms with Crippen molar-refractivity contribution in [2.75, 3.05) is 42.6 Å². The van der Waals surface area contributed by atoms with Crippen LogP contribution in [-0.2, 0) is 6.42 Å². The van der Waals surface area contributed by atoms with Gasteiger partial charge in [-0.25, -0.2) is 9.97 Å². The van der Waals surface area contributed by atoms with Crippen molar-refractivity contribution in [3.05, 3.63) is 70.8 Å². The van der Waals surface area contributed by atoms with Gasteiger partial charge in [-0.3, -0.25) is 4.79 Å². The van der Waals surface area contributed by atoms with E-state index >= 15 is 0 Å². The molecule has 1 fully saturated rings. The van der Waals surface area contributed by atoms with Crippen LogP contribution in [0.1, 0.15) is 39.8 Å². The van der Waals surface area contributed by atoms with Gasteiger partial charge in [0.15, 0.2) is 5.82 Å². The minimum absolute atomic E-state index is 0.0488. The highest BCUT2D eigenvalue weighted by Gasteiger charge is 2.27. The zero-order valence-corrected chi connectivity index (χ0v) is 20.9. The number of carbonyl (C=O) groups excluding carboxylic acids is 1. The number of aromatic nitrogens is 4. The average molecular weight is 492 g/mol. The molecule has 1 aromatic carbocycles. The Kier molecular flexibility index (Phi) is 8.07. The summed E-state index contributed by atoms with van der Waals surface area (Å²) in [5, 5.41) is 30.0. The second-order valence-electron chi connectivity index (χ2n) is 9.18. The maximum atomic E-state index is 12.2. The van der Waals surface area contributed by atoms with Crippen LogP contribution in [0.5, 0.6) is 0 Å². The maximum Gasteiger partial charge on any atom is 0.271 e. The molecule has 2 atom stereocenters. The fraction of sp³-hybridized carbons (Fsp3) is 0.423. The summed E-state index contributed by atoms with van der Waals surface area (Å²) in [4.78, 5) is 25.3. The molecule has 3 N–H and O–H groups in total. The van der Waals surface area contributed by atoms with E-state index in [-0.39, 0.29) is 18.3 Å². The van der Waals surface area contributed by atoms with E-state index in [2.05, 4.69) is 68.2 Å². The molecule has 4 rings (SSSR count). The first-order valence-electron chi connectivity index (χ1n) is 12.1. The second-order valence-corrected chi connectivity index (χ2v) is 9.18. The van der Waals surface area contributed by atoms with Crippen molar-refractivity contribution in [1.29, 1.82) is 0 Å². The van der Waals surface area contributed by atoms with Crippen LogP contribution in [0.15, 0.2) is 42.7 Å².